The van der Waals surface area contributed by atoms with E-state index in [1.807, 2.05) is 36.4 Å². The molecule has 1 aliphatic rings. The van der Waals surface area contributed by atoms with Crippen molar-refractivity contribution < 1.29 is 13.9 Å². The van der Waals surface area contributed by atoms with Gasteiger partial charge < -0.3 is 20.2 Å². The van der Waals surface area contributed by atoms with E-state index in [2.05, 4.69) is 10.3 Å². The lowest BCUT2D eigenvalue weighted by atomic mass is 9.92. The van der Waals surface area contributed by atoms with E-state index in [0.717, 1.165) is 28.1 Å². The van der Waals surface area contributed by atoms with Gasteiger partial charge in [0.05, 0.1) is 22.8 Å². The maximum Gasteiger partial charge on any atom is 0.237 e. The van der Waals surface area contributed by atoms with Gasteiger partial charge in [0.15, 0.2) is 10.8 Å². The molecule has 1 saturated heterocycles. The third kappa shape index (κ3) is 4.50. The molecule has 144 valence electrons. The number of para-hydroxylation sites is 1. The molecular weight excluding hydrogens is 386 g/mol. The van der Waals surface area contributed by atoms with E-state index in [0.29, 0.717) is 31.3 Å². The fourth-order valence-electron chi connectivity index (χ4n) is 3.15. The van der Waals surface area contributed by atoms with Gasteiger partial charge in [0.2, 0.25) is 5.91 Å². The molecule has 0 saturated carbocycles. The predicted molar refractivity (Wildman–Crippen MR) is 108 cm³/mol. The first-order valence-corrected chi connectivity index (χ1v) is 9.58. The molecule has 1 atom stereocenters. The van der Waals surface area contributed by atoms with Gasteiger partial charge >= 0.3 is 0 Å². The van der Waals surface area contributed by atoms with Crippen molar-refractivity contribution in [2.24, 2.45) is 11.7 Å². The maximum absolute atomic E-state index is 12.3. The Labute approximate surface area is 167 Å². The van der Waals surface area contributed by atoms with Crippen LogP contribution in [-0.2, 0) is 16.1 Å². The van der Waals surface area contributed by atoms with Crippen LogP contribution in [0.2, 0.25) is 0 Å². The Morgan fingerprint density at radius 2 is 2.04 bits per heavy atom. The summed E-state index contributed by atoms with van der Waals surface area (Å²) in [6.45, 7) is 1.67. The zero-order valence-corrected chi connectivity index (χ0v) is 16.4. The molecule has 1 aromatic carbocycles. The van der Waals surface area contributed by atoms with Crippen molar-refractivity contribution in [3.63, 3.8) is 0 Å². The summed E-state index contributed by atoms with van der Waals surface area (Å²) in [5.74, 6) is 1.43. The molecule has 1 amide bonds. The summed E-state index contributed by atoms with van der Waals surface area (Å²) in [5, 5.41) is 3.71. The number of fused-ring (bicyclic) bond motifs is 1. The number of nitrogens with one attached hydrogen (secondary N) is 1. The number of benzene rings is 1. The van der Waals surface area contributed by atoms with Crippen molar-refractivity contribution in [3.8, 4) is 10.8 Å². The van der Waals surface area contributed by atoms with Gasteiger partial charge in [-0.3, -0.25) is 4.79 Å². The molecule has 1 aliphatic heterocycles. The third-order valence-corrected chi connectivity index (χ3v) is 5.73. The first-order valence-electron chi connectivity index (χ1n) is 8.76. The zero-order chi connectivity index (χ0) is 17.9. The van der Waals surface area contributed by atoms with Crippen LogP contribution in [-0.4, -0.2) is 30.1 Å². The van der Waals surface area contributed by atoms with Crippen molar-refractivity contribution >= 4 is 39.9 Å². The second-order valence-electron chi connectivity index (χ2n) is 6.45. The van der Waals surface area contributed by atoms with Crippen LogP contribution in [0.5, 0.6) is 0 Å². The van der Waals surface area contributed by atoms with Crippen LogP contribution >= 0.6 is 23.7 Å². The molecule has 1 unspecified atom stereocenters. The van der Waals surface area contributed by atoms with E-state index in [9.17, 15) is 4.79 Å². The first-order chi connectivity index (χ1) is 12.7. The predicted octanol–water partition coefficient (Wildman–Crippen LogP) is 3.35. The van der Waals surface area contributed by atoms with Crippen LogP contribution in [0.3, 0.4) is 0 Å². The molecule has 0 spiro atoms. The number of nitrogens with two attached hydrogens (primary N) is 1. The van der Waals surface area contributed by atoms with Crippen LogP contribution < -0.4 is 11.1 Å². The minimum atomic E-state index is -0.502. The van der Waals surface area contributed by atoms with E-state index in [1.165, 1.54) is 0 Å². The summed E-state index contributed by atoms with van der Waals surface area (Å²) in [7, 11) is 0. The van der Waals surface area contributed by atoms with Crippen LogP contribution in [0.15, 0.2) is 40.8 Å². The Kier molecular flexibility index (Phi) is 6.49. The monoisotopic (exact) mass is 407 g/mol. The summed E-state index contributed by atoms with van der Waals surface area (Å²) in [6, 6.07) is 11.2. The van der Waals surface area contributed by atoms with E-state index in [4.69, 9.17) is 14.9 Å². The number of hydrogen-bond donors (Lipinski definition) is 2. The molecular formula is C19H22ClN3O3S. The Morgan fingerprint density at radius 1 is 1.26 bits per heavy atom. The Balaban J connectivity index is 0.00000210. The van der Waals surface area contributed by atoms with Crippen molar-refractivity contribution in [3.05, 3.63) is 42.2 Å². The average Bonchev–Trinajstić information content (AvgIpc) is 3.32. The summed E-state index contributed by atoms with van der Waals surface area (Å²) < 4.78 is 12.3. The van der Waals surface area contributed by atoms with Crippen molar-refractivity contribution in [2.75, 3.05) is 13.2 Å². The summed E-state index contributed by atoms with van der Waals surface area (Å²) in [5.41, 5.74) is 7.05. The number of rotatable bonds is 5. The Hall–Kier alpha value is -1.93. The van der Waals surface area contributed by atoms with Crippen LogP contribution in [0.1, 0.15) is 18.6 Å². The standard InChI is InChI=1S/C19H21N3O3S.ClH/c20-17(12-7-9-24-10-8-12)18(23)21-11-13-5-6-15(25-13)19-22-14-3-1-2-4-16(14)26-19;/h1-6,12,17H,7-11,20H2,(H,21,23);1H. The second-order valence-corrected chi connectivity index (χ2v) is 7.48. The number of ether oxygens (including phenoxy) is 1. The van der Waals surface area contributed by atoms with Crippen LogP contribution in [0.4, 0.5) is 0 Å². The molecule has 0 radical (unpaired) electrons. The lowest BCUT2D eigenvalue weighted by Gasteiger charge is -2.26. The summed E-state index contributed by atoms with van der Waals surface area (Å²) in [4.78, 5) is 16.9. The highest BCUT2D eigenvalue weighted by atomic mass is 35.5. The highest BCUT2D eigenvalue weighted by molar-refractivity contribution is 7.21. The number of hydrogen-bond acceptors (Lipinski definition) is 6. The number of carbonyl (C=O) groups excluding carboxylic acids is 1. The van der Waals surface area contributed by atoms with Gasteiger partial charge in [-0.2, -0.15) is 0 Å². The topological polar surface area (TPSA) is 90.4 Å². The van der Waals surface area contributed by atoms with Crippen molar-refractivity contribution in [2.45, 2.75) is 25.4 Å². The minimum Gasteiger partial charge on any atom is -0.457 e. The van der Waals surface area contributed by atoms with Gasteiger partial charge in [-0.15, -0.1) is 23.7 Å². The first kappa shape index (κ1) is 19.8. The number of carbonyl (C=O) groups is 1. The summed E-state index contributed by atoms with van der Waals surface area (Å²) in [6.07, 6.45) is 1.66. The molecule has 4 rings (SSSR count). The number of amides is 1. The number of furan rings is 1. The molecule has 6 nitrogen and oxygen atoms in total. The van der Waals surface area contributed by atoms with Crippen molar-refractivity contribution in [1.29, 1.82) is 0 Å². The van der Waals surface area contributed by atoms with Gasteiger partial charge in [0.25, 0.3) is 0 Å². The Morgan fingerprint density at radius 3 is 2.81 bits per heavy atom. The van der Waals surface area contributed by atoms with E-state index < -0.39 is 6.04 Å². The van der Waals surface area contributed by atoms with Gasteiger partial charge in [0, 0.05) is 13.2 Å². The smallest absolute Gasteiger partial charge is 0.237 e. The number of nitrogens with zero attached hydrogens (tertiary/aromatic N) is 1. The Bertz CT molecular complexity index is 871. The molecule has 3 heterocycles. The molecule has 3 aromatic rings. The molecule has 8 heteroatoms. The molecule has 3 N–H and O–H groups in total. The number of halogens is 1. The lowest BCUT2D eigenvalue weighted by molar-refractivity contribution is -0.124. The largest absolute Gasteiger partial charge is 0.457 e. The molecule has 0 bridgehead atoms. The fraction of sp³-hybridized carbons (Fsp3) is 0.368. The fourth-order valence-corrected chi connectivity index (χ4v) is 4.07. The van der Waals surface area contributed by atoms with Gasteiger partial charge in [-0.25, -0.2) is 4.98 Å². The second kappa shape index (κ2) is 8.84. The molecule has 27 heavy (non-hydrogen) atoms. The molecule has 0 aliphatic carbocycles. The van der Waals surface area contributed by atoms with Gasteiger partial charge in [0.1, 0.15) is 5.76 Å². The lowest BCUT2D eigenvalue weighted by Crippen LogP contribution is -2.46. The maximum atomic E-state index is 12.3. The normalized spacial score (nSPS) is 16.0. The minimum absolute atomic E-state index is 0. The third-order valence-electron chi connectivity index (χ3n) is 4.68. The molecule has 1 fully saturated rings. The number of thiazole rings is 1. The van der Waals surface area contributed by atoms with Gasteiger partial charge in [-0.05, 0) is 43.0 Å². The highest BCUT2D eigenvalue weighted by Gasteiger charge is 2.26. The highest BCUT2D eigenvalue weighted by Crippen LogP contribution is 2.31. The average molecular weight is 408 g/mol. The van der Waals surface area contributed by atoms with E-state index >= 15 is 0 Å². The van der Waals surface area contributed by atoms with Crippen LogP contribution in [0.25, 0.3) is 21.0 Å². The number of aromatic nitrogens is 1. The zero-order valence-electron chi connectivity index (χ0n) is 14.7. The van der Waals surface area contributed by atoms with Crippen LogP contribution in [0, 0.1) is 5.92 Å². The molecule has 2 aromatic heterocycles. The van der Waals surface area contributed by atoms with Gasteiger partial charge in [-0.1, -0.05) is 12.1 Å². The SMILES string of the molecule is Cl.NC(C(=O)NCc1ccc(-c2nc3ccccc3s2)o1)C1CCOCC1. The summed E-state index contributed by atoms with van der Waals surface area (Å²) >= 11 is 1.59. The quantitative estimate of drug-likeness (QED) is 0.676. The van der Waals surface area contributed by atoms with E-state index in [1.54, 1.807) is 11.3 Å². The van der Waals surface area contributed by atoms with E-state index in [-0.39, 0.29) is 24.2 Å². The van der Waals surface area contributed by atoms with Crippen molar-refractivity contribution in [1.82, 2.24) is 10.3 Å².